The maximum Gasteiger partial charge on any atom is 0.273 e. The van der Waals surface area contributed by atoms with Crippen molar-refractivity contribution in [1.29, 1.82) is 0 Å². The average Bonchev–Trinajstić information content (AvgIpc) is 3.04. The van der Waals surface area contributed by atoms with Gasteiger partial charge in [-0.2, -0.15) is 0 Å². The fourth-order valence-electron chi connectivity index (χ4n) is 2.77. The van der Waals surface area contributed by atoms with E-state index in [1.54, 1.807) is 7.11 Å². The Kier molecular flexibility index (Phi) is 5.12. The van der Waals surface area contributed by atoms with Crippen LogP contribution in [0.15, 0.2) is 5.38 Å². The number of aromatic nitrogens is 1. The Hall–Kier alpha value is -0.980. The largest absolute Gasteiger partial charge is 0.378 e. The van der Waals surface area contributed by atoms with Gasteiger partial charge in [0.1, 0.15) is 10.7 Å². The predicted molar refractivity (Wildman–Crippen MR) is 80.0 cm³/mol. The minimum atomic E-state index is 0.0476. The summed E-state index contributed by atoms with van der Waals surface area (Å²) < 4.78 is 5.05. The number of carbonyl (C=O) groups is 1. The molecular weight excluding hydrogens is 274 g/mol. The third kappa shape index (κ3) is 3.19. The topological polar surface area (TPSA) is 45.7 Å². The summed E-state index contributed by atoms with van der Waals surface area (Å²) in [6, 6.07) is 0.445. The van der Waals surface area contributed by atoms with Crippen LogP contribution < -0.4 is 0 Å². The first-order valence-corrected chi connectivity index (χ1v) is 7.83. The Labute approximate surface area is 124 Å². The zero-order chi connectivity index (χ0) is 14.7. The normalized spacial score (nSPS) is 22.8. The SMILES string of the molecule is CC[C@H]1CN(C(=O)c2csc(COC)n2)C[C@H]1N(C)C. The highest BCUT2D eigenvalue weighted by atomic mass is 32.1. The number of amides is 1. The highest BCUT2D eigenvalue weighted by Gasteiger charge is 2.36. The minimum absolute atomic E-state index is 0.0476. The lowest BCUT2D eigenvalue weighted by Gasteiger charge is -2.23. The van der Waals surface area contributed by atoms with E-state index in [0.29, 0.717) is 24.3 Å². The maximum absolute atomic E-state index is 12.5. The van der Waals surface area contributed by atoms with Gasteiger partial charge in [0.05, 0.1) is 6.61 Å². The number of ether oxygens (including phenoxy) is 1. The molecule has 1 amide bonds. The molecule has 1 aromatic rings. The van der Waals surface area contributed by atoms with Crippen molar-refractivity contribution in [2.75, 3.05) is 34.3 Å². The van der Waals surface area contributed by atoms with Crippen LogP contribution in [0.3, 0.4) is 0 Å². The van der Waals surface area contributed by atoms with Crippen molar-refractivity contribution < 1.29 is 9.53 Å². The van der Waals surface area contributed by atoms with E-state index < -0.39 is 0 Å². The molecule has 0 aromatic carbocycles. The Morgan fingerprint density at radius 3 is 2.85 bits per heavy atom. The van der Waals surface area contributed by atoms with Crippen molar-refractivity contribution in [2.24, 2.45) is 5.92 Å². The number of rotatable bonds is 5. The molecule has 2 atom stereocenters. The second-order valence-electron chi connectivity index (χ2n) is 5.47. The summed E-state index contributed by atoms with van der Waals surface area (Å²) in [5.74, 6) is 0.595. The first-order chi connectivity index (χ1) is 9.56. The molecule has 0 N–H and O–H groups in total. The number of thiazole rings is 1. The van der Waals surface area contributed by atoms with E-state index in [1.807, 2.05) is 10.3 Å². The number of hydrogen-bond acceptors (Lipinski definition) is 5. The van der Waals surface area contributed by atoms with Gasteiger partial charge in [-0.1, -0.05) is 13.3 Å². The summed E-state index contributed by atoms with van der Waals surface area (Å²) in [4.78, 5) is 21.0. The molecule has 1 saturated heterocycles. The van der Waals surface area contributed by atoms with E-state index >= 15 is 0 Å². The van der Waals surface area contributed by atoms with Crippen molar-refractivity contribution in [3.63, 3.8) is 0 Å². The van der Waals surface area contributed by atoms with Crippen LogP contribution in [0, 0.1) is 5.92 Å². The van der Waals surface area contributed by atoms with Crippen LogP contribution in [-0.2, 0) is 11.3 Å². The number of methoxy groups -OCH3 is 1. The van der Waals surface area contributed by atoms with Gasteiger partial charge < -0.3 is 14.5 Å². The van der Waals surface area contributed by atoms with Crippen LogP contribution in [0.5, 0.6) is 0 Å². The van der Waals surface area contributed by atoms with Crippen molar-refractivity contribution >= 4 is 17.2 Å². The quantitative estimate of drug-likeness (QED) is 0.830. The van der Waals surface area contributed by atoms with Crippen molar-refractivity contribution in [1.82, 2.24) is 14.8 Å². The molecule has 0 saturated carbocycles. The highest BCUT2D eigenvalue weighted by Crippen LogP contribution is 2.25. The lowest BCUT2D eigenvalue weighted by molar-refractivity contribution is 0.0775. The lowest BCUT2D eigenvalue weighted by atomic mass is 10.0. The van der Waals surface area contributed by atoms with Gasteiger partial charge in [-0.15, -0.1) is 11.3 Å². The zero-order valence-corrected chi connectivity index (χ0v) is 13.4. The minimum Gasteiger partial charge on any atom is -0.378 e. The first-order valence-electron chi connectivity index (χ1n) is 6.95. The van der Waals surface area contributed by atoms with Crippen molar-refractivity contribution in [2.45, 2.75) is 26.0 Å². The number of likely N-dealkylation sites (tertiary alicyclic amines) is 1. The molecule has 1 fully saturated rings. The van der Waals surface area contributed by atoms with E-state index in [-0.39, 0.29) is 5.91 Å². The molecule has 112 valence electrons. The number of likely N-dealkylation sites (N-methyl/N-ethyl adjacent to an activating group) is 1. The van der Waals surface area contributed by atoms with Crippen LogP contribution in [-0.4, -0.2) is 61.0 Å². The summed E-state index contributed by atoms with van der Waals surface area (Å²) in [7, 11) is 5.80. The highest BCUT2D eigenvalue weighted by molar-refractivity contribution is 7.09. The van der Waals surface area contributed by atoms with Gasteiger partial charge in [0, 0.05) is 31.6 Å². The molecule has 0 bridgehead atoms. The second kappa shape index (κ2) is 6.65. The molecule has 5 nitrogen and oxygen atoms in total. The molecule has 1 aromatic heterocycles. The number of nitrogens with zero attached hydrogens (tertiary/aromatic N) is 3. The van der Waals surface area contributed by atoms with Crippen molar-refractivity contribution in [3.8, 4) is 0 Å². The van der Waals surface area contributed by atoms with Gasteiger partial charge in [0.15, 0.2) is 0 Å². The second-order valence-corrected chi connectivity index (χ2v) is 6.41. The van der Waals surface area contributed by atoms with Gasteiger partial charge in [0.2, 0.25) is 0 Å². The smallest absolute Gasteiger partial charge is 0.273 e. The molecule has 1 aliphatic heterocycles. The molecule has 0 unspecified atom stereocenters. The lowest BCUT2D eigenvalue weighted by Crippen LogP contribution is -2.36. The van der Waals surface area contributed by atoms with Gasteiger partial charge >= 0.3 is 0 Å². The molecule has 1 aliphatic rings. The van der Waals surface area contributed by atoms with Crippen LogP contribution >= 0.6 is 11.3 Å². The molecule has 6 heteroatoms. The number of carbonyl (C=O) groups excluding carboxylic acids is 1. The Morgan fingerprint density at radius 2 is 2.30 bits per heavy atom. The van der Waals surface area contributed by atoms with E-state index in [1.165, 1.54) is 11.3 Å². The van der Waals surface area contributed by atoms with Crippen molar-refractivity contribution in [3.05, 3.63) is 16.1 Å². The van der Waals surface area contributed by atoms with Crippen LogP contribution in [0.25, 0.3) is 0 Å². The molecule has 0 radical (unpaired) electrons. The van der Waals surface area contributed by atoms with E-state index in [4.69, 9.17) is 4.74 Å². The Morgan fingerprint density at radius 1 is 1.55 bits per heavy atom. The third-order valence-electron chi connectivity index (χ3n) is 3.92. The monoisotopic (exact) mass is 297 g/mol. The van der Waals surface area contributed by atoms with E-state index in [0.717, 1.165) is 24.5 Å². The van der Waals surface area contributed by atoms with E-state index in [2.05, 4.69) is 30.9 Å². The molecule has 0 aliphatic carbocycles. The fraction of sp³-hybridized carbons (Fsp3) is 0.714. The summed E-state index contributed by atoms with van der Waals surface area (Å²) in [6.07, 6.45) is 1.10. The van der Waals surface area contributed by atoms with Gasteiger partial charge in [-0.05, 0) is 20.0 Å². The summed E-state index contributed by atoms with van der Waals surface area (Å²) in [6.45, 7) is 4.28. The predicted octanol–water partition coefficient (Wildman–Crippen LogP) is 1.70. The molecule has 2 heterocycles. The molecule has 0 spiro atoms. The Bertz CT molecular complexity index is 461. The Balaban J connectivity index is 2.05. The third-order valence-corrected chi connectivity index (χ3v) is 4.74. The van der Waals surface area contributed by atoms with Crippen LogP contribution in [0.1, 0.15) is 28.8 Å². The summed E-state index contributed by atoms with van der Waals surface area (Å²) in [5.41, 5.74) is 0.552. The first kappa shape index (κ1) is 15.4. The van der Waals surface area contributed by atoms with Crippen LogP contribution in [0.4, 0.5) is 0 Å². The molecular formula is C14H23N3O2S. The molecule has 2 rings (SSSR count). The fourth-order valence-corrected chi connectivity index (χ4v) is 3.51. The van der Waals surface area contributed by atoms with Crippen LogP contribution in [0.2, 0.25) is 0 Å². The summed E-state index contributed by atoms with van der Waals surface area (Å²) >= 11 is 1.48. The average molecular weight is 297 g/mol. The summed E-state index contributed by atoms with van der Waals surface area (Å²) in [5, 5.41) is 2.69. The van der Waals surface area contributed by atoms with E-state index in [9.17, 15) is 4.79 Å². The standard InChI is InChI=1S/C14H23N3O2S/c1-5-10-6-17(7-12(10)16(2)3)14(18)11-9-20-13(15-11)8-19-4/h9-10,12H,5-8H2,1-4H3/t10-,12+/m0/s1. The van der Waals surface area contributed by atoms with Gasteiger partial charge in [0.25, 0.3) is 5.91 Å². The molecule has 20 heavy (non-hydrogen) atoms. The number of hydrogen-bond donors (Lipinski definition) is 0. The zero-order valence-electron chi connectivity index (χ0n) is 12.6. The van der Waals surface area contributed by atoms with Gasteiger partial charge in [-0.25, -0.2) is 4.98 Å². The maximum atomic E-state index is 12.5. The van der Waals surface area contributed by atoms with Gasteiger partial charge in [-0.3, -0.25) is 4.79 Å².